The maximum Gasteiger partial charge on any atom is 0.259 e. The third kappa shape index (κ3) is 4.76. The van der Waals surface area contributed by atoms with Gasteiger partial charge in [-0.1, -0.05) is 47.5 Å². The Hall–Kier alpha value is -3.81. The van der Waals surface area contributed by atoms with Gasteiger partial charge in [0, 0.05) is 16.7 Å². The van der Waals surface area contributed by atoms with Crippen LogP contribution in [0.25, 0.3) is 6.08 Å². The zero-order valence-corrected chi connectivity index (χ0v) is 19.7. The molecule has 1 aliphatic rings. The number of nitrogens with one attached hydrogen (secondary N) is 2. The fourth-order valence-electron chi connectivity index (χ4n) is 3.39. The van der Waals surface area contributed by atoms with Gasteiger partial charge in [0.2, 0.25) is 5.78 Å². The van der Waals surface area contributed by atoms with Gasteiger partial charge in [0.25, 0.3) is 5.91 Å². The van der Waals surface area contributed by atoms with E-state index in [1.54, 1.807) is 54.6 Å². The smallest absolute Gasteiger partial charge is 0.259 e. The summed E-state index contributed by atoms with van der Waals surface area (Å²) in [6.45, 7) is 0. The Balaban J connectivity index is 1.69. The predicted molar refractivity (Wildman–Crippen MR) is 134 cm³/mol. The highest BCUT2D eigenvalue weighted by atomic mass is 35.5. The van der Waals surface area contributed by atoms with E-state index in [9.17, 15) is 9.59 Å². The third-order valence-electron chi connectivity index (χ3n) is 5.09. The lowest BCUT2D eigenvalue weighted by atomic mass is 9.89. The number of ketones is 1. The summed E-state index contributed by atoms with van der Waals surface area (Å²) in [4.78, 5) is 26.5. The van der Waals surface area contributed by atoms with E-state index in [0.717, 1.165) is 0 Å². The van der Waals surface area contributed by atoms with Gasteiger partial charge in [-0.05, 0) is 42.0 Å². The van der Waals surface area contributed by atoms with Crippen molar-refractivity contribution in [3.8, 4) is 11.5 Å². The number of amides is 1. The van der Waals surface area contributed by atoms with Crippen molar-refractivity contribution in [3.05, 3.63) is 87.4 Å². The molecule has 34 heavy (non-hydrogen) atoms. The van der Waals surface area contributed by atoms with Crippen molar-refractivity contribution in [2.24, 2.45) is 5.10 Å². The van der Waals surface area contributed by atoms with E-state index in [2.05, 4.69) is 15.8 Å². The van der Waals surface area contributed by atoms with Gasteiger partial charge in [0.1, 0.15) is 17.2 Å². The summed E-state index contributed by atoms with van der Waals surface area (Å²) in [5.74, 6) is -0.219. The van der Waals surface area contributed by atoms with Crippen molar-refractivity contribution >= 4 is 58.1 Å². The Kier molecular flexibility index (Phi) is 6.86. The number of benzene rings is 3. The molecule has 0 radical (unpaired) electrons. The fraction of sp³-hybridized carbons (Fsp3) is 0.0800. The first-order valence-corrected chi connectivity index (χ1v) is 10.8. The van der Waals surface area contributed by atoms with E-state index in [0.29, 0.717) is 44.0 Å². The number of fused-ring (bicyclic) bond motifs is 1. The van der Waals surface area contributed by atoms with Gasteiger partial charge in [-0.2, -0.15) is 5.10 Å². The van der Waals surface area contributed by atoms with Crippen molar-refractivity contribution in [3.63, 3.8) is 0 Å². The van der Waals surface area contributed by atoms with E-state index in [1.165, 1.54) is 20.3 Å². The highest BCUT2D eigenvalue weighted by Crippen LogP contribution is 2.31. The molecule has 0 atom stereocenters. The van der Waals surface area contributed by atoms with Crippen LogP contribution in [0.1, 0.15) is 11.1 Å². The highest BCUT2D eigenvalue weighted by molar-refractivity contribution is 6.59. The first-order valence-electron chi connectivity index (χ1n) is 10.1. The Bertz CT molecular complexity index is 1350. The molecule has 172 valence electrons. The molecule has 3 aromatic rings. The summed E-state index contributed by atoms with van der Waals surface area (Å²) in [6.07, 6.45) is 1.53. The molecule has 7 nitrogen and oxygen atoms in total. The Morgan fingerprint density at radius 3 is 2.50 bits per heavy atom. The van der Waals surface area contributed by atoms with Crippen molar-refractivity contribution < 1.29 is 19.1 Å². The first kappa shape index (κ1) is 23.4. The second kappa shape index (κ2) is 9.99. The van der Waals surface area contributed by atoms with Crippen LogP contribution in [0.3, 0.4) is 0 Å². The third-order valence-corrected chi connectivity index (χ3v) is 5.66. The summed E-state index contributed by atoms with van der Waals surface area (Å²) in [5, 5.41) is 7.85. The number of anilines is 2. The molecule has 0 saturated carbocycles. The zero-order chi connectivity index (χ0) is 24.2. The molecule has 4 rings (SSSR count). The minimum absolute atomic E-state index is 0.0666. The predicted octanol–water partition coefficient (Wildman–Crippen LogP) is 5.43. The van der Waals surface area contributed by atoms with Crippen molar-refractivity contribution in [1.82, 2.24) is 0 Å². The van der Waals surface area contributed by atoms with Gasteiger partial charge < -0.3 is 14.8 Å². The number of halogens is 2. The number of rotatable bonds is 6. The zero-order valence-electron chi connectivity index (χ0n) is 18.2. The molecule has 2 N–H and O–H groups in total. The van der Waals surface area contributed by atoms with Crippen molar-refractivity contribution in [2.45, 2.75) is 0 Å². The summed E-state index contributed by atoms with van der Waals surface area (Å²) < 4.78 is 10.5. The quantitative estimate of drug-likeness (QED) is 0.351. The lowest BCUT2D eigenvalue weighted by molar-refractivity contribution is -0.116. The summed E-state index contributed by atoms with van der Waals surface area (Å²) in [6, 6.07) is 17.0. The van der Waals surface area contributed by atoms with E-state index >= 15 is 0 Å². The summed E-state index contributed by atoms with van der Waals surface area (Å²) >= 11 is 12.2. The van der Waals surface area contributed by atoms with Gasteiger partial charge in [0.05, 0.1) is 36.2 Å². The minimum atomic E-state index is -0.612. The van der Waals surface area contributed by atoms with Crippen LogP contribution in [0, 0.1) is 0 Å². The minimum Gasteiger partial charge on any atom is -0.497 e. The molecule has 1 aliphatic carbocycles. The van der Waals surface area contributed by atoms with Crippen LogP contribution in [-0.4, -0.2) is 31.6 Å². The average molecular weight is 496 g/mol. The van der Waals surface area contributed by atoms with Crippen molar-refractivity contribution in [2.75, 3.05) is 25.0 Å². The molecule has 0 unspecified atom stereocenters. The molecule has 0 saturated heterocycles. The Morgan fingerprint density at radius 1 is 0.941 bits per heavy atom. The monoisotopic (exact) mass is 495 g/mol. The molecule has 0 heterocycles. The van der Waals surface area contributed by atoms with E-state index in [1.807, 2.05) is 6.07 Å². The molecular weight excluding hydrogens is 477 g/mol. The molecule has 0 aliphatic heterocycles. The van der Waals surface area contributed by atoms with Crippen LogP contribution in [-0.2, 0) is 9.59 Å². The number of carbonyl (C=O) groups excluding carboxylic acids is 2. The number of hydrazone groups is 1. The summed E-state index contributed by atoms with van der Waals surface area (Å²) in [7, 11) is 3.00. The molecule has 9 heteroatoms. The maximum absolute atomic E-state index is 13.4. The molecule has 0 aromatic heterocycles. The van der Waals surface area contributed by atoms with E-state index in [-0.39, 0.29) is 11.3 Å². The Morgan fingerprint density at radius 2 is 1.74 bits per heavy atom. The van der Waals surface area contributed by atoms with Crippen LogP contribution in [0.2, 0.25) is 10.0 Å². The van der Waals surface area contributed by atoms with Crippen LogP contribution in [0.4, 0.5) is 11.4 Å². The SMILES string of the molecule is COc1ccc(OC)c(NC(=O)C2=Cc3ccccc3/C(=N/Nc3cc(Cl)ccc3Cl)C2=O)c1. The number of Topliss-reactive ketones (excluding diaryl/α,β-unsaturated/α-hetero) is 1. The van der Waals surface area contributed by atoms with Gasteiger partial charge in [-0.15, -0.1) is 0 Å². The van der Waals surface area contributed by atoms with Gasteiger partial charge in [-0.3, -0.25) is 15.0 Å². The van der Waals surface area contributed by atoms with Gasteiger partial charge >= 0.3 is 0 Å². The average Bonchev–Trinajstić information content (AvgIpc) is 2.85. The normalized spacial score (nSPS) is 13.7. The number of carbonyl (C=O) groups is 2. The van der Waals surface area contributed by atoms with Gasteiger partial charge in [0.15, 0.2) is 0 Å². The second-order valence-electron chi connectivity index (χ2n) is 7.19. The summed E-state index contributed by atoms with van der Waals surface area (Å²) in [5.41, 5.74) is 4.81. The lowest BCUT2D eigenvalue weighted by Gasteiger charge is -2.18. The van der Waals surface area contributed by atoms with E-state index in [4.69, 9.17) is 32.7 Å². The molecular formula is C25H19Cl2N3O4. The number of ether oxygens (including phenoxy) is 2. The second-order valence-corrected chi connectivity index (χ2v) is 8.03. The molecule has 0 fully saturated rings. The fourth-order valence-corrected chi connectivity index (χ4v) is 3.72. The first-order chi connectivity index (χ1) is 16.4. The molecule has 3 aromatic carbocycles. The standard InChI is InChI=1S/C25H19Cl2N3O4/c1-33-16-8-10-22(34-2)21(13-16)28-25(32)18-11-14-5-3-4-6-17(14)23(24(18)31)30-29-20-12-15(26)7-9-19(20)27/h3-13,29H,1-2H3,(H,28,32)/b30-23-. The number of methoxy groups -OCH3 is 2. The van der Waals surface area contributed by atoms with Crippen LogP contribution in [0.5, 0.6) is 11.5 Å². The lowest BCUT2D eigenvalue weighted by Crippen LogP contribution is -2.30. The highest BCUT2D eigenvalue weighted by Gasteiger charge is 2.30. The molecule has 1 amide bonds. The van der Waals surface area contributed by atoms with Crippen LogP contribution >= 0.6 is 23.2 Å². The largest absolute Gasteiger partial charge is 0.497 e. The van der Waals surface area contributed by atoms with Crippen LogP contribution in [0.15, 0.2) is 71.3 Å². The number of hydrogen-bond acceptors (Lipinski definition) is 6. The number of hydrogen-bond donors (Lipinski definition) is 2. The number of nitrogens with zero attached hydrogens (tertiary/aromatic N) is 1. The molecule has 0 bridgehead atoms. The maximum atomic E-state index is 13.4. The molecule has 0 spiro atoms. The van der Waals surface area contributed by atoms with Crippen LogP contribution < -0.4 is 20.2 Å². The Labute approximate surface area is 206 Å². The topological polar surface area (TPSA) is 89.0 Å². The van der Waals surface area contributed by atoms with Gasteiger partial charge in [-0.25, -0.2) is 0 Å². The van der Waals surface area contributed by atoms with Crippen molar-refractivity contribution in [1.29, 1.82) is 0 Å². The van der Waals surface area contributed by atoms with E-state index < -0.39 is 11.7 Å².